The number of rotatable bonds is 4. The van der Waals surface area contributed by atoms with Crippen LogP contribution in [0.25, 0.3) is 16.6 Å². The van der Waals surface area contributed by atoms with Crippen LogP contribution in [0, 0.1) is 5.41 Å². The predicted molar refractivity (Wildman–Crippen MR) is 119 cm³/mol. The van der Waals surface area contributed by atoms with Crippen LogP contribution in [0.4, 0.5) is 0 Å². The van der Waals surface area contributed by atoms with Crippen molar-refractivity contribution in [3.05, 3.63) is 59.8 Å². The maximum absolute atomic E-state index is 11.7. The third-order valence-electron chi connectivity index (χ3n) is 6.99. The van der Waals surface area contributed by atoms with Crippen molar-refractivity contribution >= 4 is 16.8 Å². The Bertz CT molecular complexity index is 1040. The van der Waals surface area contributed by atoms with Crippen molar-refractivity contribution < 1.29 is 4.79 Å². The maximum Gasteiger partial charge on any atom is 0.250 e. The van der Waals surface area contributed by atoms with Crippen LogP contribution in [0.3, 0.4) is 0 Å². The number of nitrogens with two attached hydrogens (primary N) is 1. The number of fused-ring (bicyclic) bond motifs is 1. The lowest BCUT2D eigenvalue weighted by molar-refractivity contribution is 0.0701. The molecule has 2 fully saturated rings. The van der Waals surface area contributed by atoms with Crippen molar-refractivity contribution in [2.45, 2.75) is 32.2 Å². The number of carbonyl (C=O) groups is 1. The molecule has 6 nitrogen and oxygen atoms in total. The highest BCUT2D eigenvalue weighted by Crippen LogP contribution is 2.39. The highest BCUT2D eigenvalue weighted by molar-refractivity contribution is 6.04. The van der Waals surface area contributed by atoms with Crippen molar-refractivity contribution in [3.63, 3.8) is 0 Å². The fourth-order valence-corrected chi connectivity index (χ4v) is 5.03. The quantitative estimate of drug-likeness (QED) is 0.702. The molecule has 1 amide bonds. The van der Waals surface area contributed by atoms with Gasteiger partial charge in [0, 0.05) is 18.1 Å². The molecule has 2 aliphatic heterocycles. The van der Waals surface area contributed by atoms with Crippen LogP contribution in [-0.4, -0.2) is 46.8 Å². The maximum atomic E-state index is 11.7. The molecule has 0 unspecified atom stereocenters. The van der Waals surface area contributed by atoms with Gasteiger partial charge in [-0.2, -0.15) is 5.10 Å². The molecular weight excluding hydrogens is 374 g/mol. The minimum absolute atomic E-state index is 0.450. The van der Waals surface area contributed by atoms with Gasteiger partial charge in [0.25, 0.3) is 5.91 Å². The highest BCUT2D eigenvalue weighted by atomic mass is 16.1. The molecule has 1 aromatic heterocycles. The average Bonchev–Trinajstić information content (AvgIpc) is 3.21. The van der Waals surface area contributed by atoms with Gasteiger partial charge in [0.1, 0.15) is 5.52 Å². The van der Waals surface area contributed by atoms with E-state index in [9.17, 15) is 4.79 Å². The van der Waals surface area contributed by atoms with E-state index >= 15 is 0 Å². The zero-order valence-electron chi connectivity index (χ0n) is 17.3. The van der Waals surface area contributed by atoms with E-state index in [1.807, 2.05) is 23.0 Å². The van der Waals surface area contributed by atoms with Crippen molar-refractivity contribution in [1.82, 2.24) is 20.0 Å². The Labute approximate surface area is 177 Å². The van der Waals surface area contributed by atoms with Gasteiger partial charge >= 0.3 is 0 Å². The molecule has 3 N–H and O–H groups in total. The molecule has 0 atom stereocenters. The van der Waals surface area contributed by atoms with Crippen LogP contribution in [0.2, 0.25) is 0 Å². The third-order valence-corrected chi connectivity index (χ3v) is 6.99. The van der Waals surface area contributed by atoms with Gasteiger partial charge in [0.2, 0.25) is 0 Å². The van der Waals surface area contributed by atoms with E-state index in [1.165, 1.54) is 57.4 Å². The number of hydrogen-bond donors (Lipinski definition) is 2. The van der Waals surface area contributed by atoms with Gasteiger partial charge in [-0.3, -0.25) is 9.69 Å². The minimum Gasteiger partial charge on any atom is -0.366 e. The Balaban J connectivity index is 1.27. The van der Waals surface area contributed by atoms with Crippen LogP contribution in [0.15, 0.2) is 48.7 Å². The Morgan fingerprint density at radius 3 is 2.47 bits per heavy atom. The zero-order chi connectivity index (χ0) is 20.6. The van der Waals surface area contributed by atoms with Crippen LogP contribution in [0.5, 0.6) is 0 Å². The largest absolute Gasteiger partial charge is 0.366 e. The minimum atomic E-state index is -0.450. The number of benzene rings is 2. The first-order valence-electron chi connectivity index (χ1n) is 10.9. The van der Waals surface area contributed by atoms with Gasteiger partial charge < -0.3 is 11.1 Å². The molecule has 2 saturated heterocycles. The monoisotopic (exact) mass is 403 g/mol. The van der Waals surface area contributed by atoms with Crippen molar-refractivity contribution in [2.24, 2.45) is 11.1 Å². The van der Waals surface area contributed by atoms with Gasteiger partial charge in [-0.05, 0) is 81.0 Å². The molecule has 0 bridgehead atoms. The van der Waals surface area contributed by atoms with E-state index in [0.717, 1.165) is 17.6 Å². The summed E-state index contributed by atoms with van der Waals surface area (Å²) in [5.74, 6) is -0.450. The first kappa shape index (κ1) is 19.3. The number of nitrogens with one attached hydrogen (secondary N) is 1. The normalized spacial score (nSPS) is 19.3. The summed E-state index contributed by atoms with van der Waals surface area (Å²) in [6, 6.07) is 14.1. The first-order valence-corrected chi connectivity index (χ1v) is 10.9. The number of piperidine rings is 2. The van der Waals surface area contributed by atoms with Gasteiger partial charge in [-0.25, -0.2) is 4.68 Å². The standard InChI is InChI=1S/C24H29N5O/c25-23(30)21-3-1-2-19-17-29(27-22(19)21)20-6-4-18(5-7-20)16-28-14-10-24(11-15-28)8-12-26-13-9-24/h1-7,17,26H,8-16H2,(H2,25,30). The predicted octanol–water partition coefficient (Wildman–Crippen LogP) is 3.09. The number of aromatic nitrogens is 2. The summed E-state index contributed by atoms with van der Waals surface area (Å²) < 4.78 is 1.82. The Hall–Kier alpha value is -2.70. The van der Waals surface area contributed by atoms with Gasteiger partial charge in [-0.1, -0.05) is 24.3 Å². The zero-order valence-corrected chi connectivity index (χ0v) is 17.3. The second-order valence-electron chi connectivity index (χ2n) is 8.87. The molecule has 5 rings (SSSR count). The van der Waals surface area contributed by atoms with E-state index < -0.39 is 5.91 Å². The summed E-state index contributed by atoms with van der Waals surface area (Å²) in [5, 5.41) is 9.01. The molecular formula is C24H29N5O. The summed E-state index contributed by atoms with van der Waals surface area (Å²) in [6.07, 6.45) is 7.28. The molecule has 1 spiro atoms. The average molecular weight is 404 g/mol. The molecule has 2 aromatic carbocycles. The summed E-state index contributed by atoms with van der Waals surface area (Å²) in [5.41, 5.74) is 9.50. The topological polar surface area (TPSA) is 76.2 Å². The smallest absolute Gasteiger partial charge is 0.250 e. The van der Waals surface area contributed by atoms with E-state index in [4.69, 9.17) is 5.73 Å². The van der Waals surface area contributed by atoms with Crippen LogP contribution >= 0.6 is 0 Å². The highest BCUT2D eigenvalue weighted by Gasteiger charge is 2.35. The second-order valence-corrected chi connectivity index (χ2v) is 8.87. The first-order chi connectivity index (χ1) is 14.6. The van der Waals surface area contributed by atoms with Crippen LogP contribution in [-0.2, 0) is 6.54 Å². The van der Waals surface area contributed by atoms with E-state index in [0.29, 0.717) is 16.5 Å². The second kappa shape index (κ2) is 7.85. The summed E-state index contributed by atoms with van der Waals surface area (Å²) in [4.78, 5) is 14.2. The van der Waals surface area contributed by atoms with E-state index in [2.05, 4.69) is 39.6 Å². The van der Waals surface area contributed by atoms with Crippen molar-refractivity contribution in [1.29, 1.82) is 0 Å². The van der Waals surface area contributed by atoms with Crippen molar-refractivity contribution in [2.75, 3.05) is 26.2 Å². The van der Waals surface area contributed by atoms with E-state index in [-0.39, 0.29) is 0 Å². The third kappa shape index (κ3) is 3.73. The number of amides is 1. The summed E-state index contributed by atoms with van der Waals surface area (Å²) in [6.45, 7) is 5.77. The van der Waals surface area contributed by atoms with Crippen LogP contribution in [0.1, 0.15) is 41.6 Å². The Morgan fingerprint density at radius 1 is 1.03 bits per heavy atom. The lowest BCUT2D eigenvalue weighted by Crippen LogP contribution is -2.45. The molecule has 30 heavy (non-hydrogen) atoms. The summed E-state index contributed by atoms with van der Waals surface area (Å²) in [7, 11) is 0. The number of primary amides is 1. The Morgan fingerprint density at radius 2 is 1.77 bits per heavy atom. The fourth-order valence-electron chi connectivity index (χ4n) is 5.03. The molecule has 0 aliphatic carbocycles. The van der Waals surface area contributed by atoms with Gasteiger partial charge in [0.15, 0.2) is 0 Å². The number of nitrogens with zero attached hydrogens (tertiary/aromatic N) is 3. The molecule has 2 aliphatic rings. The molecule has 6 heteroatoms. The number of likely N-dealkylation sites (tertiary alicyclic amines) is 1. The molecule has 3 aromatic rings. The lowest BCUT2D eigenvalue weighted by atomic mass is 9.71. The van der Waals surface area contributed by atoms with Gasteiger partial charge in [-0.15, -0.1) is 0 Å². The fraction of sp³-hybridized carbons (Fsp3) is 0.417. The van der Waals surface area contributed by atoms with E-state index in [1.54, 1.807) is 6.07 Å². The molecule has 0 radical (unpaired) electrons. The SMILES string of the molecule is NC(=O)c1cccc2cn(-c3ccc(CN4CCC5(CCNCC5)CC4)cc3)nc12. The molecule has 156 valence electrons. The molecule has 3 heterocycles. The van der Waals surface area contributed by atoms with Crippen molar-refractivity contribution in [3.8, 4) is 5.69 Å². The number of carbonyl (C=O) groups excluding carboxylic acids is 1. The van der Waals surface area contributed by atoms with Crippen LogP contribution < -0.4 is 11.1 Å². The van der Waals surface area contributed by atoms with Gasteiger partial charge in [0.05, 0.1) is 11.3 Å². The lowest BCUT2D eigenvalue weighted by Gasteiger charge is -2.44. The Kier molecular flexibility index (Phi) is 5.05. The number of hydrogen-bond acceptors (Lipinski definition) is 4. The molecule has 0 saturated carbocycles. The summed E-state index contributed by atoms with van der Waals surface area (Å²) >= 11 is 0.